The first kappa shape index (κ1) is 21.2. The number of hydrogen-bond acceptors (Lipinski definition) is 6. The lowest BCUT2D eigenvalue weighted by Crippen LogP contribution is -2.48. The molecule has 0 amide bonds. The number of rotatable bonds is 6. The Kier molecular flexibility index (Phi) is 6.34. The quantitative estimate of drug-likeness (QED) is 0.747. The van der Waals surface area contributed by atoms with Crippen molar-refractivity contribution in [2.75, 3.05) is 20.2 Å². The number of allylic oxidation sites excluding steroid dienone is 1. The van der Waals surface area contributed by atoms with Crippen molar-refractivity contribution < 1.29 is 9.47 Å². The van der Waals surface area contributed by atoms with Crippen LogP contribution in [0, 0.1) is 11.3 Å². The molecule has 3 aliphatic rings. The lowest BCUT2D eigenvalue weighted by molar-refractivity contribution is 0.0973. The minimum absolute atomic E-state index is 0.159. The maximum Gasteiger partial charge on any atom is 0.161 e. The zero-order valence-electron chi connectivity index (χ0n) is 18.3. The summed E-state index contributed by atoms with van der Waals surface area (Å²) < 4.78 is 11.8. The van der Waals surface area contributed by atoms with Crippen LogP contribution < -0.4 is 20.9 Å². The minimum atomic E-state index is -0.210. The molecule has 0 spiro atoms. The van der Waals surface area contributed by atoms with E-state index < -0.39 is 0 Å². The van der Waals surface area contributed by atoms with Gasteiger partial charge in [-0.05, 0) is 75.2 Å². The Hall–Kier alpha value is -2.05. The summed E-state index contributed by atoms with van der Waals surface area (Å²) in [5.74, 6) is 2.21. The van der Waals surface area contributed by atoms with E-state index in [1.807, 2.05) is 6.07 Å². The molecule has 1 saturated heterocycles. The molecule has 1 aromatic carbocycles. The monoisotopic (exact) mass is 412 g/mol. The van der Waals surface area contributed by atoms with Gasteiger partial charge in [-0.25, -0.2) is 0 Å². The Bertz CT molecular complexity index is 794. The Balaban J connectivity index is 1.37. The molecular formula is C24H36N4O2. The SMILES string of the molecule is COc1ccc(CN2CCC(C3(C)C=C(N)C=NC3N)CC2)cc1OC1CCCC1. The molecule has 1 aromatic rings. The van der Waals surface area contributed by atoms with Crippen molar-refractivity contribution in [1.82, 2.24) is 4.90 Å². The van der Waals surface area contributed by atoms with Gasteiger partial charge in [0.25, 0.3) is 0 Å². The summed E-state index contributed by atoms with van der Waals surface area (Å²) in [5, 5.41) is 0. The zero-order chi connectivity index (χ0) is 21.1. The lowest BCUT2D eigenvalue weighted by atomic mass is 9.69. The predicted molar refractivity (Wildman–Crippen MR) is 121 cm³/mol. The third-order valence-electron chi connectivity index (χ3n) is 7.20. The Morgan fingerprint density at radius 3 is 2.57 bits per heavy atom. The van der Waals surface area contributed by atoms with Crippen LogP contribution in [0.3, 0.4) is 0 Å². The highest BCUT2D eigenvalue weighted by Gasteiger charge is 2.40. The molecule has 4 N–H and O–H groups in total. The molecule has 0 radical (unpaired) electrons. The first-order valence-electron chi connectivity index (χ1n) is 11.3. The number of aliphatic imine (C=N–C) groups is 1. The second-order valence-electron chi connectivity index (χ2n) is 9.29. The van der Waals surface area contributed by atoms with Crippen LogP contribution in [-0.2, 0) is 6.54 Å². The van der Waals surface area contributed by atoms with Gasteiger partial charge in [-0.15, -0.1) is 0 Å². The van der Waals surface area contributed by atoms with Crippen LogP contribution in [0.2, 0.25) is 0 Å². The van der Waals surface area contributed by atoms with E-state index in [9.17, 15) is 0 Å². The van der Waals surface area contributed by atoms with Gasteiger partial charge in [0.15, 0.2) is 11.5 Å². The van der Waals surface area contributed by atoms with Gasteiger partial charge in [-0.1, -0.05) is 19.1 Å². The maximum atomic E-state index is 6.34. The van der Waals surface area contributed by atoms with Gasteiger partial charge in [0.05, 0.1) is 13.2 Å². The van der Waals surface area contributed by atoms with Crippen LogP contribution in [0.1, 0.15) is 51.0 Å². The van der Waals surface area contributed by atoms with Gasteiger partial charge in [0.2, 0.25) is 0 Å². The molecule has 2 heterocycles. The van der Waals surface area contributed by atoms with Crippen molar-refractivity contribution in [2.45, 2.75) is 64.3 Å². The van der Waals surface area contributed by atoms with Crippen molar-refractivity contribution in [3.05, 3.63) is 35.5 Å². The molecular weight excluding hydrogens is 376 g/mol. The molecule has 6 heteroatoms. The van der Waals surface area contributed by atoms with Crippen LogP contribution in [0.5, 0.6) is 11.5 Å². The molecule has 2 unspecified atom stereocenters. The van der Waals surface area contributed by atoms with Gasteiger partial charge in [0.1, 0.15) is 6.17 Å². The standard InChI is InChI=1S/C24H36N4O2/c1-24(14-19(25)15-27-23(24)26)18-9-11-28(12-10-18)16-17-7-8-21(29-2)22(13-17)30-20-5-3-4-6-20/h7-8,13-15,18,20,23H,3-6,9-12,16,25-26H2,1-2H3. The number of likely N-dealkylation sites (tertiary alicyclic amines) is 1. The second-order valence-corrected chi connectivity index (χ2v) is 9.29. The van der Waals surface area contributed by atoms with E-state index in [2.05, 4.69) is 35.0 Å². The number of benzene rings is 1. The number of hydrogen-bond donors (Lipinski definition) is 2. The van der Waals surface area contributed by atoms with Crippen molar-refractivity contribution in [2.24, 2.45) is 27.8 Å². The average molecular weight is 413 g/mol. The second kappa shape index (κ2) is 8.98. The van der Waals surface area contributed by atoms with Crippen LogP contribution in [0.4, 0.5) is 0 Å². The molecule has 1 aliphatic carbocycles. The Morgan fingerprint density at radius 2 is 1.87 bits per heavy atom. The van der Waals surface area contributed by atoms with Crippen LogP contribution in [-0.4, -0.2) is 43.6 Å². The summed E-state index contributed by atoms with van der Waals surface area (Å²) >= 11 is 0. The first-order chi connectivity index (χ1) is 14.5. The first-order valence-corrected chi connectivity index (χ1v) is 11.3. The van der Waals surface area contributed by atoms with Crippen LogP contribution in [0.15, 0.2) is 35.0 Å². The van der Waals surface area contributed by atoms with Crippen molar-refractivity contribution >= 4 is 6.21 Å². The third-order valence-corrected chi connectivity index (χ3v) is 7.20. The number of ether oxygens (including phenoxy) is 2. The summed E-state index contributed by atoms with van der Waals surface area (Å²) in [6, 6.07) is 6.36. The number of piperidine rings is 1. The van der Waals surface area contributed by atoms with Gasteiger partial charge in [-0.3, -0.25) is 9.89 Å². The third kappa shape index (κ3) is 4.49. The Morgan fingerprint density at radius 1 is 1.13 bits per heavy atom. The molecule has 1 saturated carbocycles. The molecule has 2 aliphatic heterocycles. The summed E-state index contributed by atoms with van der Waals surface area (Å²) in [6.45, 7) is 5.23. The van der Waals surface area contributed by atoms with Crippen molar-refractivity contribution in [3.63, 3.8) is 0 Å². The number of methoxy groups -OCH3 is 1. The number of dihydropyridines is 1. The topological polar surface area (TPSA) is 86.1 Å². The molecule has 0 aromatic heterocycles. The molecule has 2 fully saturated rings. The van der Waals surface area contributed by atoms with E-state index >= 15 is 0 Å². The van der Waals surface area contributed by atoms with Crippen LogP contribution >= 0.6 is 0 Å². The van der Waals surface area contributed by atoms with E-state index in [-0.39, 0.29) is 11.6 Å². The fourth-order valence-electron chi connectivity index (χ4n) is 5.24. The zero-order valence-corrected chi connectivity index (χ0v) is 18.3. The predicted octanol–water partition coefficient (Wildman–Crippen LogP) is 3.45. The molecule has 6 nitrogen and oxygen atoms in total. The van der Waals surface area contributed by atoms with Crippen molar-refractivity contribution in [3.8, 4) is 11.5 Å². The van der Waals surface area contributed by atoms with Crippen LogP contribution in [0.25, 0.3) is 0 Å². The van der Waals surface area contributed by atoms with E-state index in [0.717, 1.165) is 62.5 Å². The minimum Gasteiger partial charge on any atom is -0.493 e. The van der Waals surface area contributed by atoms with Crippen molar-refractivity contribution in [1.29, 1.82) is 0 Å². The van der Waals surface area contributed by atoms with E-state index in [1.165, 1.54) is 18.4 Å². The molecule has 0 bridgehead atoms. The van der Waals surface area contributed by atoms with Gasteiger partial charge < -0.3 is 20.9 Å². The van der Waals surface area contributed by atoms with Gasteiger partial charge >= 0.3 is 0 Å². The Labute approximate surface area is 180 Å². The maximum absolute atomic E-state index is 6.34. The smallest absolute Gasteiger partial charge is 0.161 e. The van der Waals surface area contributed by atoms with E-state index in [0.29, 0.717) is 12.0 Å². The molecule has 30 heavy (non-hydrogen) atoms. The van der Waals surface area contributed by atoms with Gasteiger partial charge in [0, 0.05) is 23.9 Å². The fourth-order valence-corrected chi connectivity index (χ4v) is 5.24. The number of nitrogens with two attached hydrogens (primary N) is 2. The summed E-state index contributed by atoms with van der Waals surface area (Å²) in [4.78, 5) is 6.93. The lowest BCUT2D eigenvalue weighted by Gasteiger charge is -2.44. The van der Waals surface area contributed by atoms with E-state index in [4.69, 9.17) is 20.9 Å². The normalized spacial score (nSPS) is 28.5. The highest BCUT2D eigenvalue weighted by molar-refractivity contribution is 5.78. The summed E-state index contributed by atoms with van der Waals surface area (Å²) in [5.41, 5.74) is 14.2. The molecule has 2 atom stereocenters. The average Bonchev–Trinajstić information content (AvgIpc) is 3.25. The fraction of sp³-hybridized carbons (Fsp3) is 0.625. The summed E-state index contributed by atoms with van der Waals surface area (Å²) in [6.07, 6.45) is 10.9. The number of nitrogens with zero attached hydrogens (tertiary/aromatic N) is 2. The highest BCUT2D eigenvalue weighted by Crippen LogP contribution is 2.41. The van der Waals surface area contributed by atoms with Gasteiger partial charge in [-0.2, -0.15) is 0 Å². The largest absolute Gasteiger partial charge is 0.493 e. The molecule has 164 valence electrons. The van der Waals surface area contributed by atoms with E-state index in [1.54, 1.807) is 13.3 Å². The summed E-state index contributed by atoms with van der Waals surface area (Å²) in [7, 11) is 1.71. The highest BCUT2D eigenvalue weighted by atomic mass is 16.5. The molecule has 4 rings (SSSR count).